The molecule has 3 aromatic rings. The molecule has 4 heterocycles. The summed E-state index contributed by atoms with van der Waals surface area (Å²) >= 11 is 1.53. The van der Waals surface area contributed by atoms with Gasteiger partial charge in [-0.2, -0.15) is 10.2 Å². The van der Waals surface area contributed by atoms with Crippen LogP contribution in [0.15, 0.2) is 12.3 Å². The van der Waals surface area contributed by atoms with E-state index < -0.39 is 0 Å². The fourth-order valence-corrected chi connectivity index (χ4v) is 3.97. The lowest BCUT2D eigenvalue weighted by molar-refractivity contribution is 0.0944. The van der Waals surface area contributed by atoms with Gasteiger partial charge in [-0.05, 0) is 33.3 Å². The van der Waals surface area contributed by atoms with E-state index >= 15 is 0 Å². The number of amides is 1. The molecule has 0 atom stereocenters. The van der Waals surface area contributed by atoms with E-state index in [0.717, 1.165) is 47.4 Å². The van der Waals surface area contributed by atoms with Crippen molar-refractivity contribution in [2.45, 2.75) is 52.9 Å². The maximum atomic E-state index is 12.5. The lowest BCUT2D eigenvalue weighted by Crippen LogP contribution is -2.30. The molecule has 0 unspecified atom stereocenters. The highest BCUT2D eigenvalue weighted by atomic mass is 32.1. The van der Waals surface area contributed by atoms with Gasteiger partial charge in [0.25, 0.3) is 5.91 Å². The predicted molar refractivity (Wildman–Crippen MR) is 99.2 cm³/mol. The molecular formula is C17H23N7OS. The summed E-state index contributed by atoms with van der Waals surface area (Å²) in [6.45, 7) is 9.47. The molecule has 0 radical (unpaired) electrons. The average molecular weight is 373 g/mol. The number of hydrogen-bond acceptors (Lipinski definition) is 6. The number of aryl methyl sites for hydroxylation is 2. The second kappa shape index (κ2) is 6.81. The first-order chi connectivity index (χ1) is 12.5. The van der Waals surface area contributed by atoms with Gasteiger partial charge in [-0.15, -0.1) is 0 Å². The van der Waals surface area contributed by atoms with E-state index in [9.17, 15) is 4.79 Å². The lowest BCUT2D eigenvalue weighted by Gasteiger charge is -2.23. The average Bonchev–Trinajstić information content (AvgIpc) is 3.21. The van der Waals surface area contributed by atoms with Gasteiger partial charge in [0.05, 0.1) is 24.1 Å². The molecule has 1 aliphatic heterocycles. The van der Waals surface area contributed by atoms with Gasteiger partial charge >= 0.3 is 0 Å². The summed E-state index contributed by atoms with van der Waals surface area (Å²) < 4.78 is 3.72. The Bertz CT molecular complexity index is 907. The number of carbonyl (C=O) groups is 1. The highest BCUT2D eigenvalue weighted by molar-refractivity contribution is 7.16. The second-order valence-electron chi connectivity index (χ2n) is 6.92. The fraction of sp³-hybridized carbons (Fsp3) is 0.529. The van der Waals surface area contributed by atoms with Gasteiger partial charge in [0.1, 0.15) is 5.01 Å². The molecule has 0 bridgehead atoms. The highest BCUT2D eigenvalue weighted by Crippen LogP contribution is 2.16. The van der Waals surface area contributed by atoms with Gasteiger partial charge < -0.3 is 5.32 Å². The van der Waals surface area contributed by atoms with Crippen molar-refractivity contribution in [2.75, 3.05) is 6.54 Å². The zero-order valence-corrected chi connectivity index (χ0v) is 16.1. The molecule has 4 rings (SSSR count). The molecule has 8 nitrogen and oxygen atoms in total. The zero-order valence-electron chi connectivity index (χ0n) is 15.3. The van der Waals surface area contributed by atoms with Gasteiger partial charge in [-0.25, -0.2) is 9.50 Å². The molecule has 0 fully saturated rings. The maximum absolute atomic E-state index is 12.5. The van der Waals surface area contributed by atoms with E-state index in [2.05, 4.69) is 39.2 Å². The SMILES string of the molecule is Cc1nn2cc(CNC(=O)c3cc4n(n3)CCCN(C(C)C)C4)nc2s1. The summed E-state index contributed by atoms with van der Waals surface area (Å²) in [5, 5.41) is 12.7. The molecule has 0 saturated carbocycles. The number of imidazole rings is 1. The Kier molecular flexibility index (Phi) is 4.49. The standard InChI is InChI=1S/C17H23N7OS/c1-11(2)22-5-4-6-23-14(10-22)7-15(21-23)16(25)18-8-13-9-24-17(19-13)26-12(3)20-24/h7,9,11H,4-6,8,10H2,1-3H3,(H,18,25). The summed E-state index contributed by atoms with van der Waals surface area (Å²) in [5.74, 6) is -0.165. The number of carbonyl (C=O) groups excluding carboxylic acids is 1. The van der Waals surface area contributed by atoms with Gasteiger partial charge in [0.2, 0.25) is 4.96 Å². The normalized spacial score (nSPS) is 15.4. The van der Waals surface area contributed by atoms with Crippen LogP contribution in [0.4, 0.5) is 0 Å². The van der Waals surface area contributed by atoms with Crippen LogP contribution in [0.5, 0.6) is 0 Å². The summed E-state index contributed by atoms with van der Waals surface area (Å²) in [4.78, 5) is 20.2. The van der Waals surface area contributed by atoms with Crippen LogP contribution >= 0.6 is 11.3 Å². The third-order valence-corrected chi connectivity index (χ3v) is 5.47. The van der Waals surface area contributed by atoms with Gasteiger partial charge in [0, 0.05) is 25.7 Å². The van der Waals surface area contributed by atoms with Crippen LogP contribution in [0.25, 0.3) is 4.96 Å². The van der Waals surface area contributed by atoms with Crippen LogP contribution in [-0.4, -0.2) is 47.8 Å². The van der Waals surface area contributed by atoms with Gasteiger partial charge in [0.15, 0.2) is 5.69 Å². The molecule has 1 amide bonds. The molecule has 26 heavy (non-hydrogen) atoms. The highest BCUT2D eigenvalue weighted by Gasteiger charge is 2.20. The van der Waals surface area contributed by atoms with Crippen LogP contribution in [-0.2, 0) is 19.6 Å². The Hall–Kier alpha value is -2.26. The maximum Gasteiger partial charge on any atom is 0.272 e. The minimum absolute atomic E-state index is 0.165. The van der Waals surface area contributed by atoms with Gasteiger partial charge in [-0.1, -0.05) is 11.3 Å². The lowest BCUT2D eigenvalue weighted by atomic mass is 10.2. The monoisotopic (exact) mass is 373 g/mol. The van der Waals surface area contributed by atoms with E-state index in [1.54, 1.807) is 4.52 Å². The number of rotatable bonds is 4. The van der Waals surface area contributed by atoms with E-state index in [1.807, 2.05) is 23.9 Å². The number of aromatic nitrogens is 5. The number of fused-ring (bicyclic) bond motifs is 2. The molecule has 0 aliphatic carbocycles. The molecule has 138 valence electrons. The van der Waals surface area contributed by atoms with Crippen LogP contribution < -0.4 is 5.32 Å². The number of nitrogens with one attached hydrogen (secondary N) is 1. The minimum Gasteiger partial charge on any atom is -0.345 e. The Morgan fingerprint density at radius 3 is 2.96 bits per heavy atom. The summed E-state index contributed by atoms with van der Waals surface area (Å²) in [7, 11) is 0. The summed E-state index contributed by atoms with van der Waals surface area (Å²) in [5.41, 5.74) is 2.37. The van der Waals surface area contributed by atoms with E-state index in [0.29, 0.717) is 18.3 Å². The first-order valence-electron chi connectivity index (χ1n) is 8.90. The molecular weight excluding hydrogens is 350 g/mol. The van der Waals surface area contributed by atoms with Crippen molar-refractivity contribution in [3.05, 3.63) is 34.4 Å². The first kappa shape index (κ1) is 17.2. The Morgan fingerprint density at radius 1 is 1.35 bits per heavy atom. The smallest absolute Gasteiger partial charge is 0.272 e. The minimum atomic E-state index is -0.165. The van der Waals surface area contributed by atoms with Crippen LogP contribution in [0.1, 0.15) is 47.2 Å². The van der Waals surface area contributed by atoms with Crippen molar-refractivity contribution in [2.24, 2.45) is 0 Å². The third kappa shape index (κ3) is 3.36. The quantitative estimate of drug-likeness (QED) is 0.755. The largest absolute Gasteiger partial charge is 0.345 e. The van der Waals surface area contributed by atoms with Crippen LogP contribution in [0.3, 0.4) is 0 Å². The van der Waals surface area contributed by atoms with Crippen molar-refractivity contribution in [1.29, 1.82) is 0 Å². The predicted octanol–water partition coefficient (Wildman–Crippen LogP) is 1.84. The third-order valence-electron chi connectivity index (χ3n) is 4.63. The molecule has 0 spiro atoms. The Balaban J connectivity index is 1.43. The Labute approximate surface area is 155 Å². The summed E-state index contributed by atoms with van der Waals surface area (Å²) in [6, 6.07) is 2.40. The van der Waals surface area contributed by atoms with Crippen LogP contribution in [0, 0.1) is 6.92 Å². The second-order valence-corrected chi connectivity index (χ2v) is 8.09. The number of hydrogen-bond donors (Lipinski definition) is 1. The molecule has 3 aromatic heterocycles. The fourth-order valence-electron chi connectivity index (χ4n) is 3.23. The zero-order chi connectivity index (χ0) is 18.3. The van der Waals surface area contributed by atoms with Crippen molar-refractivity contribution in [3.63, 3.8) is 0 Å². The number of nitrogens with zero attached hydrogens (tertiary/aromatic N) is 6. The van der Waals surface area contributed by atoms with E-state index in [1.165, 1.54) is 11.3 Å². The Morgan fingerprint density at radius 2 is 2.19 bits per heavy atom. The van der Waals surface area contributed by atoms with E-state index in [-0.39, 0.29) is 5.91 Å². The summed E-state index contributed by atoms with van der Waals surface area (Å²) in [6.07, 6.45) is 2.90. The molecule has 1 N–H and O–H groups in total. The first-order valence-corrected chi connectivity index (χ1v) is 9.72. The molecule has 1 aliphatic rings. The van der Waals surface area contributed by atoms with Crippen molar-refractivity contribution in [3.8, 4) is 0 Å². The van der Waals surface area contributed by atoms with Crippen molar-refractivity contribution in [1.82, 2.24) is 34.6 Å². The molecule has 9 heteroatoms. The molecule has 0 aromatic carbocycles. The van der Waals surface area contributed by atoms with Crippen LogP contribution in [0.2, 0.25) is 0 Å². The topological polar surface area (TPSA) is 80.3 Å². The van der Waals surface area contributed by atoms with Crippen molar-refractivity contribution < 1.29 is 4.79 Å². The van der Waals surface area contributed by atoms with Crippen molar-refractivity contribution >= 4 is 22.2 Å². The van der Waals surface area contributed by atoms with E-state index in [4.69, 9.17) is 0 Å². The van der Waals surface area contributed by atoms with Gasteiger partial charge in [-0.3, -0.25) is 14.4 Å². The molecule has 0 saturated heterocycles.